The van der Waals surface area contributed by atoms with Gasteiger partial charge in [0.15, 0.2) is 0 Å². The molecule has 1 heterocycles. The Morgan fingerprint density at radius 1 is 1.16 bits per heavy atom. The van der Waals surface area contributed by atoms with Gasteiger partial charge in [-0.1, -0.05) is 24.3 Å². The molecule has 0 unspecified atom stereocenters. The SMILES string of the molecule is FC(F)(F)Oc1cccc(CC2=CNC=CC=C2)c1. The third kappa shape index (κ3) is 4.54. The summed E-state index contributed by atoms with van der Waals surface area (Å²) >= 11 is 0. The van der Waals surface area contributed by atoms with E-state index in [0.29, 0.717) is 6.42 Å². The molecule has 1 aromatic rings. The molecule has 2 nitrogen and oxygen atoms in total. The van der Waals surface area contributed by atoms with Gasteiger partial charge in [0.2, 0.25) is 0 Å². The summed E-state index contributed by atoms with van der Waals surface area (Å²) in [6, 6.07) is 5.98. The highest BCUT2D eigenvalue weighted by atomic mass is 19.4. The number of rotatable bonds is 3. The zero-order valence-electron chi connectivity index (χ0n) is 9.95. The summed E-state index contributed by atoms with van der Waals surface area (Å²) in [7, 11) is 0. The zero-order chi connectivity index (χ0) is 13.7. The van der Waals surface area contributed by atoms with Gasteiger partial charge in [-0.2, -0.15) is 0 Å². The first kappa shape index (κ1) is 13.3. The normalized spacial score (nSPS) is 14.6. The summed E-state index contributed by atoms with van der Waals surface area (Å²) in [6.45, 7) is 0. The number of allylic oxidation sites excluding steroid dienone is 4. The molecule has 1 aliphatic heterocycles. The van der Waals surface area contributed by atoms with Crippen molar-refractivity contribution in [2.75, 3.05) is 0 Å². The van der Waals surface area contributed by atoms with Crippen LogP contribution < -0.4 is 10.1 Å². The van der Waals surface area contributed by atoms with Crippen LogP contribution in [0.4, 0.5) is 13.2 Å². The van der Waals surface area contributed by atoms with Gasteiger partial charge in [-0.3, -0.25) is 0 Å². The Hall–Kier alpha value is -2.17. The average Bonchev–Trinajstić information content (AvgIpc) is 2.56. The van der Waals surface area contributed by atoms with E-state index in [-0.39, 0.29) is 5.75 Å². The summed E-state index contributed by atoms with van der Waals surface area (Å²) in [4.78, 5) is 0. The molecule has 0 bridgehead atoms. The Morgan fingerprint density at radius 2 is 2.00 bits per heavy atom. The Labute approximate surface area is 108 Å². The van der Waals surface area contributed by atoms with Gasteiger partial charge >= 0.3 is 6.36 Å². The van der Waals surface area contributed by atoms with Crippen molar-refractivity contribution in [3.63, 3.8) is 0 Å². The van der Waals surface area contributed by atoms with Gasteiger partial charge in [0, 0.05) is 12.4 Å². The molecular formula is C14H12F3NO. The summed E-state index contributed by atoms with van der Waals surface area (Å²) < 4.78 is 40.3. The molecule has 2 rings (SSSR count). The Bertz CT molecular complexity index is 530. The molecule has 0 amide bonds. The van der Waals surface area contributed by atoms with E-state index in [1.165, 1.54) is 12.1 Å². The molecular weight excluding hydrogens is 255 g/mol. The van der Waals surface area contributed by atoms with E-state index in [1.54, 1.807) is 24.5 Å². The van der Waals surface area contributed by atoms with Crippen molar-refractivity contribution in [1.82, 2.24) is 5.32 Å². The monoisotopic (exact) mass is 267 g/mol. The Kier molecular flexibility index (Phi) is 3.94. The van der Waals surface area contributed by atoms with Gasteiger partial charge in [-0.05, 0) is 35.8 Å². The summed E-state index contributed by atoms with van der Waals surface area (Å²) in [5.74, 6) is -0.200. The largest absolute Gasteiger partial charge is 0.573 e. The molecule has 1 aromatic carbocycles. The standard InChI is InChI=1S/C14H12F3NO/c15-14(16,17)19-13-6-3-5-11(9-13)8-12-4-1-2-7-18-10-12/h1-7,9-10,18H,8H2. The van der Waals surface area contributed by atoms with Crippen LogP contribution in [-0.4, -0.2) is 6.36 Å². The molecule has 0 aromatic heterocycles. The summed E-state index contributed by atoms with van der Waals surface area (Å²) in [5.41, 5.74) is 1.72. The molecule has 0 spiro atoms. The lowest BCUT2D eigenvalue weighted by Gasteiger charge is -2.10. The van der Waals surface area contributed by atoms with Crippen LogP contribution in [0.25, 0.3) is 0 Å². The van der Waals surface area contributed by atoms with Crippen LogP contribution in [0, 0.1) is 0 Å². The second kappa shape index (κ2) is 5.65. The molecule has 0 fully saturated rings. The molecule has 0 saturated heterocycles. The van der Waals surface area contributed by atoms with Crippen molar-refractivity contribution < 1.29 is 17.9 Å². The van der Waals surface area contributed by atoms with Gasteiger partial charge < -0.3 is 10.1 Å². The maximum atomic E-state index is 12.1. The minimum Gasteiger partial charge on any atom is -0.406 e. The van der Waals surface area contributed by atoms with E-state index < -0.39 is 6.36 Å². The third-order valence-electron chi connectivity index (χ3n) is 2.42. The van der Waals surface area contributed by atoms with Crippen LogP contribution >= 0.6 is 0 Å². The maximum absolute atomic E-state index is 12.1. The second-order valence-electron chi connectivity index (χ2n) is 3.98. The molecule has 0 atom stereocenters. The highest BCUT2D eigenvalue weighted by Crippen LogP contribution is 2.24. The quantitative estimate of drug-likeness (QED) is 0.902. The smallest absolute Gasteiger partial charge is 0.406 e. The van der Waals surface area contributed by atoms with Crippen LogP contribution in [0.15, 0.2) is 60.5 Å². The predicted molar refractivity (Wildman–Crippen MR) is 66.3 cm³/mol. The number of hydrogen-bond acceptors (Lipinski definition) is 2. The number of halogens is 3. The van der Waals surface area contributed by atoms with Crippen LogP contribution in [-0.2, 0) is 6.42 Å². The summed E-state index contributed by atoms with van der Waals surface area (Å²) in [6.07, 6.45) is 5.04. The molecule has 100 valence electrons. The van der Waals surface area contributed by atoms with Crippen LogP contribution in [0.2, 0.25) is 0 Å². The molecule has 1 aliphatic rings. The van der Waals surface area contributed by atoms with Crippen molar-refractivity contribution in [2.45, 2.75) is 12.8 Å². The number of hydrogen-bond donors (Lipinski definition) is 1. The first-order chi connectivity index (χ1) is 9.03. The van der Waals surface area contributed by atoms with Gasteiger partial charge in [0.25, 0.3) is 0 Å². The molecule has 0 aliphatic carbocycles. The van der Waals surface area contributed by atoms with E-state index in [4.69, 9.17) is 0 Å². The first-order valence-corrected chi connectivity index (χ1v) is 5.66. The van der Waals surface area contributed by atoms with Gasteiger partial charge in [0.1, 0.15) is 5.75 Å². The minimum absolute atomic E-state index is 0.200. The van der Waals surface area contributed by atoms with Crippen LogP contribution in [0.1, 0.15) is 5.56 Å². The zero-order valence-corrected chi connectivity index (χ0v) is 9.95. The van der Waals surface area contributed by atoms with Crippen molar-refractivity contribution >= 4 is 0 Å². The predicted octanol–water partition coefficient (Wildman–Crippen LogP) is 3.68. The minimum atomic E-state index is -4.66. The number of nitrogens with one attached hydrogen (secondary N) is 1. The highest BCUT2D eigenvalue weighted by Gasteiger charge is 2.31. The van der Waals surface area contributed by atoms with Gasteiger partial charge in [-0.25, -0.2) is 0 Å². The van der Waals surface area contributed by atoms with E-state index in [1.807, 2.05) is 18.2 Å². The third-order valence-corrected chi connectivity index (χ3v) is 2.42. The number of ether oxygens (including phenoxy) is 1. The van der Waals surface area contributed by atoms with E-state index in [0.717, 1.165) is 11.1 Å². The van der Waals surface area contributed by atoms with Gasteiger partial charge in [-0.15, -0.1) is 13.2 Å². The number of alkyl halides is 3. The molecule has 19 heavy (non-hydrogen) atoms. The lowest BCUT2D eigenvalue weighted by molar-refractivity contribution is -0.274. The van der Waals surface area contributed by atoms with Crippen molar-refractivity contribution in [3.05, 3.63) is 66.0 Å². The second-order valence-corrected chi connectivity index (χ2v) is 3.98. The lowest BCUT2D eigenvalue weighted by Crippen LogP contribution is -2.17. The van der Waals surface area contributed by atoms with Crippen LogP contribution in [0.5, 0.6) is 5.75 Å². The Balaban J connectivity index is 2.09. The van der Waals surface area contributed by atoms with Crippen LogP contribution in [0.3, 0.4) is 0 Å². The number of benzene rings is 1. The fourth-order valence-corrected chi connectivity index (χ4v) is 1.69. The van der Waals surface area contributed by atoms with E-state index >= 15 is 0 Å². The molecule has 0 saturated carbocycles. The lowest BCUT2D eigenvalue weighted by atomic mass is 10.1. The fraction of sp³-hybridized carbons (Fsp3) is 0.143. The molecule has 0 radical (unpaired) electrons. The van der Waals surface area contributed by atoms with E-state index in [9.17, 15) is 13.2 Å². The highest BCUT2D eigenvalue weighted by molar-refractivity contribution is 5.35. The van der Waals surface area contributed by atoms with Gasteiger partial charge in [0.05, 0.1) is 0 Å². The summed E-state index contributed by atoms with van der Waals surface area (Å²) in [5, 5.41) is 2.95. The maximum Gasteiger partial charge on any atom is 0.573 e. The fourth-order valence-electron chi connectivity index (χ4n) is 1.69. The average molecular weight is 267 g/mol. The Morgan fingerprint density at radius 3 is 2.79 bits per heavy atom. The van der Waals surface area contributed by atoms with Crippen molar-refractivity contribution in [3.8, 4) is 5.75 Å². The van der Waals surface area contributed by atoms with Crippen molar-refractivity contribution in [1.29, 1.82) is 0 Å². The first-order valence-electron chi connectivity index (χ1n) is 5.66. The van der Waals surface area contributed by atoms with Crippen molar-refractivity contribution in [2.24, 2.45) is 0 Å². The van der Waals surface area contributed by atoms with E-state index in [2.05, 4.69) is 10.1 Å². The molecule has 1 N–H and O–H groups in total. The molecule has 5 heteroatoms. The topological polar surface area (TPSA) is 21.3 Å².